The van der Waals surface area contributed by atoms with Crippen molar-refractivity contribution in [2.75, 3.05) is 5.32 Å². The van der Waals surface area contributed by atoms with E-state index in [-0.39, 0.29) is 0 Å². The van der Waals surface area contributed by atoms with Crippen molar-refractivity contribution in [3.05, 3.63) is 71.8 Å². The van der Waals surface area contributed by atoms with Gasteiger partial charge in [0.2, 0.25) is 0 Å². The Bertz CT molecular complexity index is 1070. The van der Waals surface area contributed by atoms with Gasteiger partial charge in [-0.1, -0.05) is 18.2 Å². The number of hydrogen-bond donors (Lipinski definition) is 2. The van der Waals surface area contributed by atoms with E-state index in [1.165, 1.54) is 0 Å². The second-order valence-electron chi connectivity index (χ2n) is 5.78. The van der Waals surface area contributed by atoms with Crippen LogP contribution in [0.15, 0.2) is 55.0 Å². The Hall–Kier alpha value is -3.59. The highest BCUT2D eigenvalue weighted by Gasteiger charge is 2.17. The molecule has 0 fully saturated rings. The first-order valence-electron chi connectivity index (χ1n) is 7.96. The summed E-state index contributed by atoms with van der Waals surface area (Å²) in [5.41, 5.74) is 5.25. The highest BCUT2D eigenvalue weighted by molar-refractivity contribution is 5.75. The third kappa shape index (κ3) is 2.72. The van der Waals surface area contributed by atoms with Crippen LogP contribution in [0.2, 0.25) is 0 Å². The van der Waals surface area contributed by atoms with E-state index in [1.807, 2.05) is 60.0 Å². The van der Waals surface area contributed by atoms with Crippen LogP contribution < -0.4 is 5.32 Å². The predicted octanol–water partition coefficient (Wildman–Crippen LogP) is 3.52. The number of aromatic amines is 1. The minimum Gasteiger partial charge on any atom is -0.365 e. The summed E-state index contributed by atoms with van der Waals surface area (Å²) in [5, 5.41) is 12.4. The summed E-state index contributed by atoms with van der Waals surface area (Å²) in [4.78, 5) is 12.2. The SMILES string of the molecule is Cc1[nH]cnc1-c1nc2ccccn2c1NCc1ccc(C#N)cc1. The van der Waals surface area contributed by atoms with Crippen molar-refractivity contribution in [3.63, 3.8) is 0 Å². The molecule has 122 valence electrons. The fourth-order valence-electron chi connectivity index (χ4n) is 2.81. The summed E-state index contributed by atoms with van der Waals surface area (Å²) >= 11 is 0. The Morgan fingerprint density at radius 2 is 2.00 bits per heavy atom. The molecule has 4 rings (SSSR count). The summed E-state index contributed by atoms with van der Waals surface area (Å²) < 4.78 is 2.02. The summed E-state index contributed by atoms with van der Waals surface area (Å²) in [5.74, 6) is 0.898. The Morgan fingerprint density at radius 1 is 1.16 bits per heavy atom. The maximum atomic E-state index is 8.91. The molecule has 6 nitrogen and oxygen atoms in total. The number of nitriles is 1. The molecule has 3 heterocycles. The number of aromatic nitrogens is 4. The van der Waals surface area contributed by atoms with Gasteiger partial charge in [0.15, 0.2) is 0 Å². The summed E-state index contributed by atoms with van der Waals surface area (Å²) in [6, 6.07) is 15.6. The van der Waals surface area contributed by atoms with Gasteiger partial charge in [0, 0.05) is 18.4 Å². The molecule has 0 unspecified atom stereocenters. The molecule has 3 aromatic heterocycles. The average molecular weight is 328 g/mol. The largest absolute Gasteiger partial charge is 0.365 e. The lowest BCUT2D eigenvalue weighted by Gasteiger charge is -2.08. The molecule has 0 saturated carbocycles. The van der Waals surface area contributed by atoms with Crippen LogP contribution in [0, 0.1) is 18.3 Å². The molecule has 1 aromatic carbocycles. The van der Waals surface area contributed by atoms with Gasteiger partial charge in [-0.15, -0.1) is 0 Å². The van der Waals surface area contributed by atoms with Crippen molar-refractivity contribution >= 4 is 11.5 Å². The van der Waals surface area contributed by atoms with Crippen molar-refractivity contribution in [3.8, 4) is 17.5 Å². The smallest absolute Gasteiger partial charge is 0.140 e. The van der Waals surface area contributed by atoms with E-state index >= 15 is 0 Å². The number of hydrogen-bond acceptors (Lipinski definition) is 4. The van der Waals surface area contributed by atoms with Crippen LogP contribution in [-0.2, 0) is 6.54 Å². The van der Waals surface area contributed by atoms with Gasteiger partial charge in [-0.25, -0.2) is 9.97 Å². The Balaban J connectivity index is 1.72. The van der Waals surface area contributed by atoms with Crippen molar-refractivity contribution in [2.24, 2.45) is 0 Å². The zero-order valence-electron chi connectivity index (χ0n) is 13.7. The van der Waals surface area contributed by atoms with Gasteiger partial charge in [-0.3, -0.25) is 4.40 Å². The van der Waals surface area contributed by atoms with Gasteiger partial charge in [0.05, 0.1) is 18.0 Å². The topological polar surface area (TPSA) is 81.8 Å². The third-order valence-corrected chi connectivity index (χ3v) is 4.13. The maximum absolute atomic E-state index is 8.91. The number of nitrogens with one attached hydrogen (secondary N) is 2. The van der Waals surface area contributed by atoms with Gasteiger partial charge in [0.1, 0.15) is 22.9 Å². The molecular weight excluding hydrogens is 312 g/mol. The number of anilines is 1. The molecular formula is C19H16N6. The van der Waals surface area contributed by atoms with Crippen LogP contribution in [0.5, 0.6) is 0 Å². The van der Waals surface area contributed by atoms with Crippen LogP contribution in [0.4, 0.5) is 5.82 Å². The fourth-order valence-corrected chi connectivity index (χ4v) is 2.81. The van der Waals surface area contributed by atoms with Crippen molar-refractivity contribution in [2.45, 2.75) is 13.5 Å². The number of rotatable bonds is 4. The number of benzene rings is 1. The maximum Gasteiger partial charge on any atom is 0.140 e. The Morgan fingerprint density at radius 3 is 2.72 bits per heavy atom. The molecule has 0 saturated heterocycles. The highest BCUT2D eigenvalue weighted by Crippen LogP contribution is 2.29. The van der Waals surface area contributed by atoms with Gasteiger partial charge < -0.3 is 10.3 Å². The molecule has 2 N–H and O–H groups in total. The van der Waals surface area contributed by atoms with E-state index in [2.05, 4.69) is 21.4 Å². The average Bonchev–Trinajstić information content (AvgIpc) is 3.23. The quantitative estimate of drug-likeness (QED) is 0.600. The first kappa shape index (κ1) is 15.0. The third-order valence-electron chi connectivity index (χ3n) is 4.13. The van der Waals surface area contributed by atoms with Gasteiger partial charge in [-0.2, -0.15) is 5.26 Å². The minimum atomic E-state index is 0.630. The second kappa shape index (κ2) is 6.13. The summed E-state index contributed by atoms with van der Waals surface area (Å²) in [6.45, 7) is 2.61. The van der Waals surface area contributed by atoms with Crippen LogP contribution in [0.1, 0.15) is 16.8 Å². The van der Waals surface area contributed by atoms with Gasteiger partial charge in [-0.05, 0) is 36.8 Å². The van der Waals surface area contributed by atoms with E-state index < -0.39 is 0 Å². The van der Waals surface area contributed by atoms with Crippen molar-refractivity contribution in [1.29, 1.82) is 5.26 Å². The van der Waals surface area contributed by atoms with E-state index in [4.69, 9.17) is 10.2 Å². The van der Waals surface area contributed by atoms with Crippen molar-refractivity contribution < 1.29 is 0 Å². The molecule has 6 heteroatoms. The fraction of sp³-hybridized carbons (Fsp3) is 0.105. The van der Waals surface area contributed by atoms with Crippen molar-refractivity contribution in [1.82, 2.24) is 19.4 Å². The molecule has 0 radical (unpaired) electrons. The Labute approximate surface area is 144 Å². The standard InChI is InChI=1S/C19H16N6/c1-13-17(23-12-22-13)18-19(25-9-3-2-4-16(25)24-18)21-11-15-7-5-14(10-20)6-8-15/h2-9,12,21H,11H2,1H3,(H,22,23). The number of nitrogens with zero attached hydrogens (tertiary/aromatic N) is 4. The summed E-state index contributed by atoms with van der Waals surface area (Å²) in [6.07, 6.45) is 3.66. The monoisotopic (exact) mass is 328 g/mol. The number of aryl methyl sites for hydroxylation is 1. The highest BCUT2D eigenvalue weighted by atomic mass is 15.1. The van der Waals surface area contributed by atoms with Crippen LogP contribution in [0.25, 0.3) is 17.0 Å². The van der Waals surface area contributed by atoms with Gasteiger partial charge in [0.25, 0.3) is 0 Å². The number of fused-ring (bicyclic) bond motifs is 1. The van der Waals surface area contributed by atoms with E-state index in [0.29, 0.717) is 12.1 Å². The minimum absolute atomic E-state index is 0.630. The lowest BCUT2D eigenvalue weighted by molar-refractivity contribution is 1.08. The zero-order chi connectivity index (χ0) is 17.2. The number of imidazole rings is 2. The van der Waals surface area contributed by atoms with E-state index in [0.717, 1.165) is 34.1 Å². The normalized spacial score (nSPS) is 10.7. The number of H-pyrrole nitrogens is 1. The second-order valence-corrected chi connectivity index (χ2v) is 5.78. The first-order chi connectivity index (χ1) is 12.3. The molecule has 0 bridgehead atoms. The molecule has 0 aliphatic rings. The first-order valence-corrected chi connectivity index (χ1v) is 7.96. The molecule has 0 amide bonds. The Kier molecular flexibility index (Phi) is 3.67. The lowest BCUT2D eigenvalue weighted by atomic mass is 10.1. The predicted molar refractivity (Wildman–Crippen MR) is 96.0 cm³/mol. The molecule has 0 aliphatic heterocycles. The van der Waals surface area contributed by atoms with Crippen LogP contribution in [-0.4, -0.2) is 19.4 Å². The van der Waals surface area contributed by atoms with Crippen LogP contribution in [0.3, 0.4) is 0 Å². The zero-order valence-corrected chi connectivity index (χ0v) is 13.7. The number of pyridine rings is 1. The molecule has 0 aliphatic carbocycles. The van der Waals surface area contributed by atoms with Gasteiger partial charge >= 0.3 is 0 Å². The molecule has 25 heavy (non-hydrogen) atoms. The molecule has 0 spiro atoms. The molecule has 0 atom stereocenters. The van der Waals surface area contributed by atoms with E-state index in [1.54, 1.807) is 6.33 Å². The molecule has 4 aromatic rings. The lowest BCUT2D eigenvalue weighted by Crippen LogP contribution is -2.03. The van der Waals surface area contributed by atoms with Crippen LogP contribution >= 0.6 is 0 Å². The van der Waals surface area contributed by atoms with E-state index in [9.17, 15) is 0 Å². The summed E-state index contributed by atoms with van der Waals surface area (Å²) in [7, 11) is 0.